The Kier molecular flexibility index (Phi) is 7.00. The highest BCUT2D eigenvalue weighted by Gasteiger charge is 2.17. The van der Waals surface area contributed by atoms with Gasteiger partial charge in [0.05, 0.1) is 23.5 Å². The van der Waals surface area contributed by atoms with Crippen LogP contribution in [0.3, 0.4) is 0 Å². The number of carboxylic acid groups (broad SMARTS) is 1. The van der Waals surface area contributed by atoms with E-state index in [1.807, 2.05) is 48.0 Å². The van der Waals surface area contributed by atoms with E-state index < -0.39 is 5.97 Å². The third-order valence-corrected chi connectivity index (χ3v) is 7.55. The number of piperidine rings is 1. The average Bonchev–Trinajstić information content (AvgIpc) is 3.51. The number of ketones is 1. The zero-order valence-electron chi connectivity index (χ0n) is 20.3. The third kappa shape index (κ3) is 5.41. The number of Topliss-reactive ketones (excluding diaryl/α,β-unsaturated/α-hetero) is 1. The zero-order chi connectivity index (χ0) is 25.1. The normalized spacial score (nSPS) is 13.6. The van der Waals surface area contributed by atoms with Gasteiger partial charge in [-0.25, -0.2) is 9.78 Å². The summed E-state index contributed by atoms with van der Waals surface area (Å²) in [6.45, 7) is 4.75. The van der Waals surface area contributed by atoms with Crippen molar-refractivity contribution in [2.24, 2.45) is 0 Å². The molecule has 1 fully saturated rings. The second-order valence-corrected chi connectivity index (χ2v) is 10.2. The SMILES string of the molecule is Cc1cc(C(=O)Cc2ccc(-c3ccc(C(=O)O)cc3)cc2)n(Cc2csc(N3CCCCC3)n2)c1. The number of benzene rings is 2. The van der Waals surface area contributed by atoms with Gasteiger partial charge >= 0.3 is 5.97 Å². The lowest BCUT2D eigenvalue weighted by atomic mass is 10.00. The molecule has 7 heteroatoms. The van der Waals surface area contributed by atoms with E-state index in [0.29, 0.717) is 18.7 Å². The van der Waals surface area contributed by atoms with Crippen LogP contribution in [0.4, 0.5) is 5.13 Å². The second kappa shape index (κ2) is 10.5. The summed E-state index contributed by atoms with van der Waals surface area (Å²) in [5.41, 5.74) is 5.88. The highest BCUT2D eigenvalue weighted by atomic mass is 32.1. The van der Waals surface area contributed by atoms with Crippen LogP contribution in [0.25, 0.3) is 11.1 Å². The Labute approximate surface area is 214 Å². The Morgan fingerprint density at radius 3 is 2.31 bits per heavy atom. The summed E-state index contributed by atoms with van der Waals surface area (Å²) in [5, 5.41) is 12.3. The molecule has 0 amide bonds. The highest BCUT2D eigenvalue weighted by Crippen LogP contribution is 2.25. The summed E-state index contributed by atoms with van der Waals surface area (Å²) in [5.74, 6) is -0.860. The fourth-order valence-corrected chi connectivity index (χ4v) is 5.56. The van der Waals surface area contributed by atoms with Gasteiger partial charge in [0.25, 0.3) is 0 Å². The molecule has 0 saturated carbocycles. The minimum absolute atomic E-state index is 0.0770. The molecule has 3 heterocycles. The van der Waals surface area contributed by atoms with Gasteiger partial charge < -0.3 is 14.6 Å². The molecule has 0 atom stereocenters. The van der Waals surface area contributed by atoms with Gasteiger partial charge in [0.2, 0.25) is 0 Å². The van der Waals surface area contributed by atoms with Gasteiger partial charge in [-0.2, -0.15) is 0 Å². The van der Waals surface area contributed by atoms with E-state index in [9.17, 15) is 9.59 Å². The first-order valence-corrected chi connectivity index (χ1v) is 13.2. The van der Waals surface area contributed by atoms with Crippen LogP contribution >= 0.6 is 11.3 Å². The molecule has 6 nitrogen and oxygen atoms in total. The van der Waals surface area contributed by atoms with Gasteiger partial charge in [0.15, 0.2) is 10.9 Å². The van der Waals surface area contributed by atoms with Crippen LogP contribution in [0.15, 0.2) is 66.2 Å². The largest absolute Gasteiger partial charge is 0.478 e. The predicted octanol–water partition coefficient (Wildman–Crippen LogP) is 6.08. The molecule has 4 aromatic rings. The maximum atomic E-state index is 13.2. The summed E-state index contributed by atoms with van der Waals surface area (Å²) in [4.78, 5) is 31.5. The van der Waals surface area contributed by atoms with Crippen LogP contribution in [-0.4, -0.2) is 39.5 Å². The molecule has 0 unspecified atom stereocenters. The van der Waals surface area contributed by atoms with Gasteiger partial charge in [-0.3, -0.25) is 4.79 Å². The molecule has 184 valence electrons. The van der Waals surface area contributed by atoms with Crippen molar-refractivity contribution in [1.82, 2.24) is 9.55 Å². The quantitative estimate of drug-likeness (QED) is 0.297. The van der Waals surface area contributed by atoms with Gasteiger partial charge in [-0.15, -0.1) is 11.3 Å². The smallest absolute Gasteiger partial charge is 0.335 e. The van der Waals surface area contributed by atoms with Crippen molar-refractivity contribution in [1.29, 1.82) is 0 Å². The van der Waals surface area contributed by atoms with Crippen molar-refractivity contribution in [3.05, 3.63) is 94.3 Å². The monoisotopic (exact) mass is 499 g/mol. The minimum atomic E-state index is -0.937. The lowest BCUT2D eigenvalue weighted by molar-refractivity contribution is 0.0696. The maximum Gasteiger partial charge on any atom is 0.335 e. The molecule has 2 aromatic carbocycles. The van der Waals surface area contributed by atoms with Gasteiger partial charge in [0, 0.05) is 31.1 Å². The number of carbonyl (C=O) groups is 2. The molecular weight excluding hydrogens is 470 g/mol. The molecule has 2 aromatic heterocycles. The Bertz CT molecular complexity index is 1360. The Hall–Kier alpha value is -3.71. The molecule has 1 saturated heterocycles. The van der Waals surface area contributed by atoms with E-state index in [0.717, 1.165) is 46.2 Å². The van der Waals surface area contributed by atoms with Crippen LogP contribution in [-0.2, 0) is 13.0 Å². The molecule has 5 rings (SSSR count). The van der Waals surface area contributed by atoms with Crippen LogP contribution in [0.2, 0.25) is 0 Å². The minimum Gasteiger partial charge on any atom is -0.478 e. The molecule has 1 aliphatic heterocycles. The standard InChI is InChI=1S/C29H29N3O3S/c1-20-15-26(32(17-20)18-25-19-36-29(30-25)31-13-3-2-4-14-31)27(33)16-21-5-7-22(8-6-21)23-9-11-24(12-10-23)28(34)35/h5-12,15,17,19H,2-4,13-14,16,18H2,1H3,(H,34,35). The summed E-state index contributed by atoms with van der Waals surface area (Å²) in [6.07, 6.45) is 6.09. The van der Waals surface area contributed by atoms with Crippen molar-refractivity contribution in [3.63, 3.8) is 0 Å². The number of aromatic nitrogens is 2. The first-order chi connectivity index (χ1) is 17.5. The molecule has 1 aliphatic rings. The topological polar surface area (TPSA) is 75.4 Å². The van der Waals surface area contributed by atoms with E-state index in [1.54, 1.807) is 35.6 Å². The van der Waals surface area contributed by atoms with Gasteiger partial charge in [-0.1, -0.05) is 36.4 Å². The Balaban J connectivity index is 1.26. The van der Waals surface area contributed by atoms with Crippen molar-refractivity contribution in [2.45, 2.75) is 39.2 Å². The Morgan fingerprint density at radius 1 is 0.972 bits per heavy atom. The molecular formula is C29H29N3O3S. The van der Waals surface area contributed by atoms with E-state index in [-0.39, 0.29) is 11.3 Å². The Morgan fingerprint density at radius 2 is 1.64 bits per heavy atom. The van der Waals surface area contributed by atoms with Crippen molar-refractivity contribution in [3.8, 4) is 11.1 Å². The molecule has 0 spiro atoms. The number of hydrogen-bond donors (Lipinski definition) is 1. The average molecular weight is 500 g/mol. The fourth-order valence-electron chi connectivity index (χ4n) is 4.69. The number of rotatable bonds is 8. The number of hydrogen-bond acceptors (Lipinski definition) is 5. The number of aromatic carboxylic acids is 1. The van der Waals surface area contributed by atoms with Crippen LogP contribution < -0.4 is 4.90 Å². The zero-order valence-corrected chi connectivity index (χ0v) is 21.1. The lowest BCUT2D eigenvalue weighted by Crippen LogP contribution is -2.29. The van der Waals surface area contributed by atoms with Crippen molar-refractivity contribution >= 4 is 28.2 Å². The van der Waals surface area contributed by atoms with Gasteiger partial charge in [0.1, 0.15) is 0 Å². The second-order valence-electron chi connectivity index (χ2n) is 9.38. The molecule has 36 heavy (non-hydrogen) atoms. The number of nitrogens with zero attached hydrogens (tertiary/aromatic N) is 3. The van der Waals surface area contributed by atoms with E-state index in [4.69, 9.17) is 10.1 Å². The molecule has 1 N–H and O–H groups in total. The molecule has 0 radical (unpaired) electrons. The number of anilines is 1. The lowest BCUT2D eigenvalue weighted by Gasteiger charge is -2.25. The van der Waals surface area contributed by atoms with Crippen LogP contribution in [0.1, 0.15) is 56.9 Å². The van der Waals surface area contributed by atoms with Gasteiger partial charge in [-0.05, 0) is 66.6 Å². The number of carboxylic acids is 1. The van der Waals surface area contributed by atoms with E-state index >= 15 is 0 Å². The summed E-state index contributed by atoms with van der Waals surface area (Å²) in [7, 11) is 0. The highest BCUT2D eigenvalue weighted by molar-refractivity contribution is 7.13. The van der Waals surface area contributed by atoms with E-state index in [1.165, 1.54) is 19.3 Å². The summed E-state index contributed by atoms with van der Waals surface area (Å²) in [6, 6.07) is 16.6. The van der Waals surface area contributed by atoms with Crippen LogP contribution in [0, 0.1) is 6.92 Å². The summed E-state index contributed by atoms with van der Waals surface area (Å²) < 4.78 is 2.02. The fraction of sp³-hybridized carbons (Fsp3) is 0.276. The van der Waals surface area contributed by atoms with E-state index in [2.05, 4.69) is 10.3 Å². The van der Waals surface area contributed by atoms with Crippen molar-refractivity contribution in [2.75, 3.05) is 18.0 Å². The number of carbonyl (C=O) groups excluding carboxylic acids is 1. The first kappa shape index (κ1) is 24.0. The van der Waals surface area contributed by atoms with Crippen molar-refractivity contribution < 1.29 is 14.7 Å². The third-order valence-electron chi connectivity index (χ3n) is 6.60. The van der Waals surface area contributed by atoms with Crippen LogP contribution in [0.5, 0.6) is 0 Å². The molecule has 0 bridgehead atoms. The number of aryl methyl sites for hydroxylation is 1. The summed E-state index contributed by atoms with van der Waals surface area (Å²) >= 11 is 1.69. The first-order valence-electron chi connectivity index (χ1n) is 12.3. The maximum absolute atomic E-state index is 13.2. The number of thiazole rings is 1. The predicted molar refractivity (Wildman–Crippen MR) is 143 cm³/mol. The molecule has 0 aliphatic carbocycles.